The van der Waals surface area contributed by atoms with Gasteiger partial charge in [0.2, 0.25) is 0 Å². The number of likely N-dealkylation sites (N-methyl/N-ethyl adjacent to an activating group) is 1. The lowest BCUT2D eigenvalue weighted by atomic mass is 10.1. The molecule has 1 aromatic rings. The summed E-state index contributed by atoms with van der Waals surface area (Å²) < 4.78 is 6.79. The molecule has 2 rings (SSSR count). The van der Waals surface area contributed by atoms with Crippen LogP contribution in [-0.4, -0.2) is 38.3 Å². The highest BCUT2D eigenvalue weighted by atomic mass is 79.9. The number of halogens is 1. The fourth-order valence-corrected chi connectivity index (χ4v) is 2.60. The number of ether oxygens (including phenoxy) is 1. The van der Waals surface area contributed by atoms with Gasteiger partial charge in [0.25, 0.3) is 0 Å². The average molecular weight is 327 g/mol. The van der Waals surface area contributed by atoms with Crippen LogP contribution >= 0.6 is 15.9 Å². The zero-order chi connectivity index (χ0) is 13.7. The molecule has 1 aliphatic carbocycles. The number of hydrogen-bond donors (Lipinski definition) is 1. The van der Waals surface area contributed by atoms with E-state index in [9.17, 15) is 0 Å². The summed E-state index contributed by atoms with van der Waals surface area (Å²) in [7, 11) is 2.11. The van der Waals surface area contributed by atoms with Crippen LogP contribution < -0.4 is 5.73 Å². The molecule has 1 fully saturated rings. The molecule has 19 heavy (non-hydrogen) atoms. The summed E-state index contributed by atoms with van der Waals surface area (Å²) in [4.78, 5) is 2.27. The molecule has 0 spiro atoms. The molecule has 0 aliphatic heterocycles. The van der Waals surface area contributed by atoms with E-state index < -0.39 is 0 Å². The average Bonchev–Trinajstić information content (AvgIpc) is 3.20. The molecule has 0 amide bonds. The Labute approximate surface area is 124 Å². The van der Waals surface area contributed by atoms with Crippen molar-refractivity contribution >= 4 is 15.9 Å². The molecule has 4 heteroatoms. The molecule has 1 aromatic carbocycles. The minimum atomic E-state index is 0.252. The smallest absolute Gasteiger partial charge is 0.0593 e. The van der Waals surface area contributed by atoms with Gasteiger partial charge in [0.1, 0.15) is 0 Å². The van der Waals surface area contributed by atoms with Crippen LogP contribution in [-0.2, 0) is 4.74 Å². The molecular weight excluding hydrogens is 304 g/mol. The minimum Gasteiger partial charge on any atom is -0.380 e. The van der Waals surface area contributed by atoms with Crippen LogP contribution in [0, 0.1) is 5.92 Å². The number of rotatable bonds is 8. The first kappa shape index (κ1) is 15.0. The van der Waals surface area contributed by atoms with E-state index in [1.165, 1.54) is 18.4 Å². The third-order valence-electron chi connectivity index (χ3n) is 3.63. The van der Waals surface area contributed by atoms with Crippen LogP contribution in [0.25, 0.3) is 0 Å². The summed E-state index contributed by atoms with van der Waals surface area (Å²) in [6.07, 6.45) is 2.69. The summed E-state index contributed by atoms with van der Waals surface area (Å²) in [6, 6.07) is 8.61. The molecule has 1 saturated carbocycles. The highest BCUT2D eigenvalue weighted by Crippen LogP contribution is 2.28. The van der Waals surface area contributed by atoms with Gasteiger partial charge in [-0.15, -0.1) is 0 Å². The maximum atomic E-state index is 5.92. The number of benzene rings is 1. The molecule has 0 bridgehead atoms. The van der Waals surface area contributed by atoms with Gasteiger partial charge in [-0.1, -0.05) is 28.1 Å². The lowest BCUT2D eigenvalue weighted by Crippen LogP contribution is -2.33. The molecule has 1 atom stereocenters. The van der Waals surface area contributed by atoms with Crippen LogP contribution in [0.3, 0.4) is 0 Å². The number of nitrogens with zero attached hydrogens (tertiary/aromatic N) is 1. The highest BCUT2D eigenvalue weighted by Gasteiger charge is 2.21. The van der Waals surface area contributed by atoms with Crippen molar-refractivity contribution in [3.8, 4) is 0 Å². The maximum Gasteiger partial charge on any atom is 0.0593 e. The largest absolute Gasteiger partial charge is 0.380 e. The molecule has 0 heterocycles. The van der Waals surface area contributed by atoms with Crippen molar-refractivity contribution in [2.24, 2.45) is 11.7 Å². The lowest BCUT2D eigenvalue weighted by Gasteiger charge is -2.27. The molecule has 1 aliphatic rings. The Morgan fingerprint density at radius 2 is 2.26 bits per heavy atom. The molecule has 0 radical (unpaired) electrons. The van der Waals surface area contributed by atoms with E-state index in [2.05, 4.69) is 46.1 Å². The van der Waals surface area contributed by atoms with Crippen molar-refractivity contribution in [1.82, 2.24) is 4.90 Å². The van der Waals surface area contributed by atoms with Gasteiger partial charge in [-0.25, -0.2) is 0 Å². The van der Waals surface area contributed by atoms with E-state index in [-0.39, 0.29) is 6.04 Å². The summed E-state index contributed by atoms with van der Waals surface area (Å²) in [5.41, 5.74) is 7.17. The van der Waals surface area contributed by atoms with Crippen LogP contribution in [0.5, 0.6) is 0 Å². The monoisotopic (exact) mass is 326 g/mol. The zero-order valence-electron chi connectivity index (χ0n) is 11.5. The van der Waals surface area contributed by atoms with E-state index in [0.717, 1.165) is 30.1 Å². The van der Waals surface area contributed by atoms with E-state index in [1.54, 1.807) is 0 Å². The second-order valence-electron chi connectivity index (χ2n) is 5.31. The Morgan fingerprint density at radius 1 is 1.47 bits per heavy atom. The minimum absolute atomic E-state index is 0.252. The van der Waals surface area contributed by atoms with E-state index >= 15 is 0 Å². The second-order valence-corrected chi connectivity index (χ2v) is 6.22. The van der Waals surface area contributed by atoms with Gasteiger partial charge in [-0.2, -0.15) is 0 Å². The van der Waals surface area contributed by atoms with Gasteiger partial charge in [0.15, 0.2) is 0 Å². The predicted octanol–water partition coefficient (Wildman–Crippen LogP) is 2.81. The second kappa shape index (κ2) is 7.39. The van der Waals surface area contributed by atoms with Gasteiger partial charge in [0, 0.05) is 30.2 Å². The van der Waals surface area contributed by atoms with Gasteiger partial charge in [0.05, 0.1) is 6.61 Å². The maximum absolute atomic E-state index is 5.92. The Hall–Kier alpha value is -0.420. The SMILES string of the molecule is CN(CCOCC1CC1)C(CN)c1cccc(Br)c1. The van der Waals surface area contributed by atoms with E-state index in [0.29, 0.717) is 6.54 Å². The van der Waals surface area contributed by atoms with Crippen LogP contribution in [0.1, 0.15) is 24.4 Å². The lowest BCUT2D eigenvalue weighted by molar-refractivity contribution is 0.0922. The van der Waals surface area contributed by atoms with Crippen LogP contribution in [0.15, 0.2) is 28.7 Å². The normalized spacial score (nSPS) is 16.8. The van der Waals surface area contributed by atoms with Crippen molar-refractivity contribution in [3.63, 3.8) is 0 Å². The van der Waals surface area contributed by atoms with Gasteiger partial charge >= 0.3 is 0 Å². The van der Waals surface area contributed by atoms with Crippen molar-refractivity contribution in [2.45, 2.75) is 18.9 Å². The Bertz CT molecular complexity index is 395. The Morgan fingerprint density at radius 3 is 2.89 bits per heavy atom. The molecule has 0 saturated heterocycles. The van der Waals surface area contributed by atoms with Gasteiger partial charge in [-0.3, -0.25) is 4.90 Å². The molecular formula is C15H23BrN2O. The fourth-order valence-electron chi connectivity index (χ4n) is 2.18. The third-order valence-corrected chi connectivity index (χ3v) is 4.12. The molecule has 2 N–H and O–H groups in total. The highest BCUT2D eigenvalue weighted by molar-refractivity contribution is 9.10. The Balaban J connectivity index is 1.81. The zero-order valence-corrected chi connectivity index (χ0v) is 13.1. The van der Waals surface area contributed by atoms with E-state index in [4.69, 9.17) is 10.5 Å². The first-order valence-corrected chi connectivity index (χ1v) is 7.73. The van der Waals surface area contributed by atoms with Gasteiger partial charge < -0.3 is 10.5 Å². The standard InChI is InChI=1S/C15H23BrN2O/c1-18(7-8-19-11-12-5-6-12)15(10-17)13-3-2-4-14(16)9-13/h2-4,9,12,15H,5-8,10-11,17H2,1H3. The summed E-state index contributed by atoms with van der Waals surface area (Å²) in [6.45, 7) is 3.26. The molecule has 106 valence electrons. The summed E-state index contributed by atoms with van der Waals surface area (Å²) >= 11 is 3.51. The van der Waals surface area contributed by atoms with E-state index in [1.807, 2.05) is 6.07 Å². The van der Waals surface area contributed by atoms with Crippen molar-refractivity contribution < 1.29 is 4.74 Å². The topological polar surface area (TPSA) is 38.5 Å². The first-order chi connectivity index (χ1) is 9.20. The summed E-state index contributed by atoms with van der Waals surface area (Å²) in [5, 5.41) is 0. The van der Waals surface area contributed by atoms with Crippen molar-refractivity contribution in [2.75, 3.05) is 33.4 Å². The quantitative estimate of drug-likeness (QED) is 0.746. The van der Waals surface area contributed by atoms with Crippen LogP contribution in [0.4, 0.5) is 0 Å². The first-order valence-electron chi connectivity index (χ1n) is 6.94. The number of hydrogen-bond acceptors (Lipinski definition) is 3. The third kappa shape index (κ3) is 4.88. The molecule has 0 aromatic heterocycles. The van der Waals surface area contributed by atoms with Crippen molar-refractivity contribution in [1.29, 1.82) is 0 Å². The molecule has 1 unspecified atom stereocenters. The number of nitrogens with two attached hydrogens (primary N) is 1. The van der Waals surface area contributed by atoms with Crippen molar-refractivity contribution in [3.05, 3.63) is 34.3 Å². The van der Waals surface area contributed by atoms with Crippen LogP contribution in [0.2, 0.25) is 0 Å². The summed E-state index contributed by atoms with van der Waals surface area (Å²) in [5.74, 6) is 0.834. The van der Waals surface area contributed by atoms with Gasteiger partial charge in [-0.05, 0) is 43.5 Å². The fraction of sp³-hybridized carbons (Fsp3) is 0.600. The predicted molar refractivity (Wildman–Crippen MR) is 82.1 cm³/mol. The Kier molecular flexibility index (Phi) is 5.82. The molecule has 3 nitrogen and oxygen atoms in total.